The van der Waals surface area contributed by atoms with E-state index in [4.69, 9.17) is 5.11 Å². The van der Waals surface area contributed by atoms with Crippen molar-refractivity contribution in [1.82, 2.24) is 4.90 Å². The molecule has 2 nitrogen and oxygen atoms in total. The summed E-state index contributed by atoms with van der Waals surface area (Å²) >= 11 is 0. The zero-order chi connectivity index (χ0) is 15.8. The van der Waals surface area contributed by atoms with Crippen LogP contribution in [0.3, 0.4) is 0 Å². The van der Waals surface area contributed by atoms with Crippen molar-refractivity contribution in [2.75, 3.05) is 19.6 Å². The summed E-state index contributed by atoms with van der Waals surface area (Å²) in [6.45, 7) is 10.9. The number of nitrogens with zero attached hydrogens (tertiary/aromatic N) is 1. The van der Waals surface area contributed by atoms with Crippen LogP contribution in [0, 0.1) is 0 Å². The molecular formula is C19H35NO. The summed E-state index contributed by atoms with van der Waals surface area (Å²) in [5, 5.41) is 8.54. The van der Waals surface area contributed by atoms with E-state index < -0.39 is 0 Å². The van der Waals surface area contributed by atoms with Gasteiger partial charge in [-0.15, -0.1) is 0 Å². The lowest BCUT2D eigenvalue weighted by Gasteiger charge is -2.21. The lowest BCUT2D eigenvalue weighted by molar-refractivity contribution is 0.261. The molecule has 0 saturated heterocycles. The molecule has 0 unspecified atom stereocenters. The fourth-order valence-electron chi connectivity index (χ4n) is 2.06. The standard InChI is InChI=1S/C12H27N.C7H8O/c1-4-7-10-13(11-8-5-2)12-9-6-3;8-6-7-4-2-1-3-5-7/h4-12H2,1-3H3;1-5,8H,6H2. The summed E-state index contributed by atoms with van der Waals surface area (Å²) in [5.74, 6) is 0. The van der Waals surface area contributed by atoms with Gasteiger partial charge in [0.15, 0.2) is 0 Å². The van der Waals surface area contributed by atoms with Crippen LogP contribution in [0.5, 0.6) is 0 Å². The van der Waals surface area contributed by atoms with Crippen molar-refractivity contribution in [3.05, 3.63) is 35.9 Å². The zero-order valence-corrected chi connectivity index (χ0v) is 14.4. The Hall–Kier alpha value is -0.860. The second kappa shape index (κ2) is 15.5. The van der Waals surface area contributed by atoms with E-state index in [0.29, 0.717) is 0 Å². The van der Waals surface area contributed by atoms with Gasteiger partial charge in [-0.3, -0.25) is 0 Å². The van der Waals surface area contributed by atoms with Crippen molar-refractivity contribution >= 4 is 0 Å². The highest BCUT2D eigenvalue weighted by Crippen LogP contribution is 2.01. The fraction of sp³-hybridized carbons (Fsp3) is 0.684. The molecule has 1 aromatic carbocycles. The lowest BCUT2D eigenvalue weighted by atomic mass is 10.2. The van der Waals surface area contributed by atoms with Crippen LogP contribution in [-0.2, 0) is 6.61 Å². The van der Waals surface area contributed by atoms with Crippen molar-refractivity contribution in [3.63, 3.8) is 0 Å². The molecule has 1 N–H and O–H groups in total. The molecule has 1 rings (SSSR count). The maximum atomic E-state index is 8.54. The SMILES string of the molecule is CCCCN(CCCC)CCCC.OCc1ccccc1. The quantitative estimate of drug-likeness (QED) is 0.665. The highest BCUT2D eigenvalue weighted by Gasteiger charge is 2.01. The summed E-state index contributed by atoms with van der Waals surface area (Å²) in [7, 11) is 0. The van der Waals surface area contributed by atoms with Crippen LogP contribution >= 0.6 is 0 Å². The van der Waals surface area contributed by atoms with Gasteiger partial charge in [-0.1, -0.05) is 70.4 Å². The lowest BCUT2D eigenvalue weighted by Crippen LogP contribution is -2.27. The molecule has 0 heterocycles. The second-order valence-corrected chi connectivity index (χ2v) is 5.55. The predicted octanol–water partition coefficient (Wildman–Crippen LogP) is 4.87. The topological polar surface area (TPSA) is 23.5 Å². The first kappa shape index (κ1) is 20.1. The summed E-state index contributed by atoms with van der Waals surface area (Å²) in [6.07, 6.45) is 8.09. The zero-order valence-electron chi connectivity index (χ0n) is 14.4. The first-order valence-corrected chi connectivity index (χ1v) is 8.65. The predicted molar refractivity (Wildman–Crippen MR) is 93.5 cm³/mol. The van der Waals surface area contributed by atoms with Gasteiger partial charge in [0, 0.05) is 0 Å². The van der Waals surface area contributed by atoms with E-state index in [9.17, 15) is 0 Å². The third kappa shape index (κ3) is 12.6. The number of hydrogen-bond acceptors (Lipinski definition) is 2. The molecule has 1 aromatic rings. The van der Waals surface area contributed by atoms with E-state index in [1.807, 2.05) is 30.3 Å². The van der Waals surface area contributed by atoms with Crippen LogP contribution < -0.4 is 0 Å². The molecular weight excluding hydrogens is 258 g/mol. The normalized spacial score (nSPS) is 10.3. The largest absolute Gasteiger partial charge is 0.392 e. The van der Waals surface area contributed by atoms with E-state index in [-0.39, 0.29) is 6.61 Å². The molecule has 0 aliphatic heterocycles. The number of aliphatic hydroxyl groups is 1. The molecule has 0 radical (unpaired) electrons. The number of unbranched alkanes of at least 4 members (excludes halogenated alkanes) is 3. The Bertz CT molecular complexity index is 281. The van der Waals surface area contributed by atoms with Crippen LogP contribution in [0.15, 0.2) is 30.3 Å². The number of rotatable bonds is 10. The molecule has 0 aromatic heterocycles. The maximum absolute atomic E-state index is 8.54. The van der Waals surface area contributed by atoms with Gasteiger partial charge in [0.05, 0.1) is 6.61 Å². The molecule has 0 fully saturated rings. The van der Waals surface area contributed by atoms with Gasteiger partial charge in [-0.25, -0.2) is 0 Å². The molecule has 0 bridgehead atoms. The second-order valence-electron chi connectivity index (χ2n) is 5.55. The highest BCUT2D eigenvalue weighted by molar-refractivity contribution is 5.12. The summed E-state index contributed by atoms with van der Waals surface area (Å²) in [5.41, 5.74) is 0.965. The van der Waals surface area contributed by atoms with Gasteiger partial charge in [0.1, 0.15) is 0 Å². The number of hydrogen-bond donors (Lipinski definition) is 1. The first-order valence-electron chi connectivity index (χ1n) is 8.65. The van der Waals surface area contributed by atoms with Crippen LogP contribution in [0.25, 0.3) is 0 Å². The molecule has 0 spiro atoms. The number of benzene rings is 1. The van der Waals surface area contributed by atoms with Crippen LogP contribution in [0.1, 0.15) is 64.9 Å². The smallest absolute Gasteiger partial charge is 0.0681 e. The fourth-order valence-corrected chi connectivity index (χ4v) is 2.06. The Morgan fingerprint density at radius 2 is 1.19 bits per heavy atom. The third-order valence-electron chi connectivity index (χ3n) is 3.51. The van der Waals surface area contributed by atoms with Gasteiger partial charge in [-0.05, 0) is 44.5 Å². The third-order valence-corrected chi connectivity index (χ3v) is 3.51. The summed E-state index contributed by atoms with van der Waals surface area (Å²) in [6, 6.07) is 9.52. The molecule has 122 valence electrons. The van der Waals surface area contributed by atoms with Crippen molar-refractivity contribution in [2.45, 2.75) is 65.9 Å². The van der Waals surface area contributed by atoms with Crippen molar-refractivity contribution < 1.29 is 5.11 Å². The molecule has 21 heavy (non-hydrogen) atoms. The van der Waals surface area contributed by atoms with Crippen LogP contribution in [-0.4, -0.2) is 29.6 Å². The molecule has 0 saturated carbocycles. The van der Waals surface area contributed by atoms with Gasteiger partial charge in [0.2, 0.25) is 0 Å². The Morgan fingerprint density at radius 3 is 1.48 bits per heavy atom. The van der Waals surface area contributed by atoms with Crippen LogP contribution in [0.4, 0.5) is 0 Å². The Labute approximate surface area is 132 Å². The average Bonchev–Trinajstić information content (AvgIpc) is 2.55. The van der Waals surface area contributed by atoms with Gasteiger partial charge >= 0.3 is 0 Å². The van der Waals surface area contributed by atoms with Gasteiger partial charge in [0.25, 0.3) is 0 Å². The van der Waals surface area contributed by atoms with E-state index in [1.54, 1.807) is 0 Å². The molecule has 2 heteroatoms. The van der Waals surface area contributed by atoms with Crippen molar-refractivity contribution in [3.8, 4) is 0 Å². The first-order chi connectivity index (χ1) is 10.3. The average molecular weight is 293 g/mol. The molecule has 0 amide bonds. The molecule has 0 aliphatic rings. The maximum Gasteiger partial charge on any atom is 0.0681 e. The molecule has 0 aliphatic carbocycles. The minimum Gasteiger partial charge on any atom is -0.392 e. The van der Waals surface area contributed by atoms with E-state index in [1.165, 1.54) is 58.2 Å². The van der Waals surface area contributed by atoms with Gasteiger partial charge in [-0.2, -0.15) is 0 Å². The van der Waals surface area contributed by atoms with E-state index in [0.717, 1.165) is 5.56 Å². The Balaban J connectivity index is 0.000000423. The number of aliphatic hydroxyl groups excluding tert-OH is 1. The molecule has 0 atom stereocenters. The monoisotopic (exact) mass is 293 g/mol. The minimum atomic E-state index is 0.140. The van der Waals surface area contributed by atoms with Crippen molar-refractivity contribution in [1.29, 1.82) is 0 Å². The summed E-state index contributed by atoms with van der Waals surface area (Å²) in [4.78, 5) is 2.64. The van der Waals surface area contributed by atoms with E-state index in [2.05, 4.69) is 25.7 Å². The Kier molecular flexibility index (Phi) is 14.9. The Morgan fingerprint density at radius 1 is 0.762 bits per heavy atom. The minimum absolute atomic E-state index is 0.140. The van der Waals surface area contributed by atoms with E-state index >= 15 is 0 Å². The summed E-state index contributed by atoms with van der Waals surface area (Å²) < 4.78 is 0. The highest BCUT2D eigenvalue weighted by atomic mass is 16.3. The van der Waals surface area contributed by atoms with Crippen molar-refractivity contribution in [2.24, 2.45) is 0 Å². The van der Waals surface area contributed by atoms with Gasteiger partial charge < -0.3 is 10.0 Å². The van der Waals surface area contributed by atoms with Crippen LogP contribution in [0.2, 0.25) is 0 Å².